The molecule has 2 aromatic carbocycles. The van der Waals surface area contributed by atoms with E-state index in [0.717, 1.165) is 17.3 Å². The minimum Gasteiger partial charge on any atom is -0.497 e. The number of nitrogens with one attached hydrogen (secondary N) is 1. The number of aryl methyl sites for hydroxylation is 1. The number of hydrogen-bond donors (Lipinski definition) is 1. The van der Waals surface area contributed by atoms with E-state index in [2.05, 4.69) is 36.5 Å². The Bertz CT molecular complexity index is 626. The third-order valence-electron chi connectivity index (χ3n) is 3.37. The van der Waals surface area contributed by atoms with E-state index in [1.807, 2.05) is 24.3 Å². The molecule has 0 saturated heterocycles. The van der Waals surface area contributed by atoms with E-state index >= 15 is 0 Å². The van der Waals surface area contributed by atoms with E-state index in [-0.39, 0.29) is 5.91 Å². The smallest absolute Gasteiger partial charge is 0.220 e. The Balaban J connectivity index is 1.56. The second-order valence-corrected chi connectivity index (χ2v) is 6.45. The van der Waals surface area contributed by atoms with Gasteiger partial charge in [-0.25, -0.2) is 0 Å². The SMILES string of the molecule is COc1ccc(OCCNC(=O)CCSc2ccc(C)cc2)cc1. The van der Waals surface area contributed by atoms with Crippen molar-refractivity contribution in [2.45, 2.75) is 18.2 Å². The summed E-state index contributed by atoms with van der Waals surface area (Å²) in [6.45, 7) is 3.01. The lowest BCUT2D eigenvalue weighted by Gasteiger charge is -2.08. The fraction of sp³-hybridized carbons (Fsp3) is 0.316. The Labute approximate surface area is 147 Å². The third-order valence-corrected chi connectivity index (χ3v) is 4.38. The first-order valence-electron chi connectivity index (χ1n) is 7.90. The molecule has 2 rings (SSSR count). The first kappa shape index (κ1) is 18.2. The second-order valence-electron chi connectivity index (χ2n) is 5.29. The number of amides is 1. The minimum atomic E-state index is 0.0490. The van der Waals surface area contributed by atoms with Crippen molar-refractivity contribution in [3.05, 3.63) is 54.1 Å². The normalized spacial score (nSPS) is 10.2. The lowest BCUT2D eigenvalue weighted by atomic mass is 10.2. The standard InChI is InChI=1S/C19H23NO3S/c1-15-3-9-18(10-4-15)24-14-11-19(21)20-12-13-23-17-7-5-16(22-2)6-8-17/h3-10H,11-14H2,1-2H3,(H,20,21). The molecule has 0 fully saturated rings. The van der Waals surface area contributed by atoms with Crippen molar-refractivity contribution in [2.24, 2.45) is 0 Å². The van der Waals surface area contributed by atoms with Gasteiger partial charge in [0, 0.05) is 17.1 Å². The molecule has 128 valence electrons. The van der Waals surface area contributed by atoms with Crippen LogP contribution in [0, 0.1) is 6.92 Å². The molecule has 0 aliphatic rings. The van der Waals surface area contributed by atoms with Crippen LogP contribution in [0.15, 0.2) is 53.4 Å². The summed E-state index contributed by atoms with van der Waals surface area (Å²) in [6, 6.07) is 15.7. The molecule has 0 saturated carbocycles. The molecular formula is C19H23NO3S. The third kappa shape index (κ3) is 6.54. The van der Waals surface area contributed by atoms with Crippen molar-refractivity contribution in [2.75, 3.05) is 26.0 Å². The lowest BCUT2D eigenvalue weighted by Crippen LogP contribution is -2.28. The highest BCUT2D eigenvalue weighted by Gasteiger charge is 2.02. The summed E-state index contributed by atoms with van der Waals surface area (Å²) in [7, 11) is 1.63. The lowest BCUT2D eigenvalue weighted by molar-refractivity contribution is -0.120. The maximum Gasteiger partial charge on any atom is 0.220 e. The van der Waals surface area contributed by atoms with Crippen molar-refractivity contribution < 1.29 is 14.3 Å². The fourth-order valence-corrected chi connectivity index (χ4v) is 2.87. The molecule has 1 amide bonds. The molecule has 1 N–H and O–H groups in total. The van der Waals surface area contributed by atoms with Crippen LogP contribution in [0.2, 0.25) is 0 Å². The van der Waals surface area contributed by atoms with Crippen LogP contribution in [0.5, 0.6) is 11.5 Å². The van der Waals surface area contributed by atoms with E-state index in [4.69, 9.17) is 9.47 Å². The van der Waals surface area contributed by atoms with Crippen LogP contribution in [-0.2, 0) is 4.79 Å². The molecule has 4 nitrogen and oxygen atoms in total. The fourth-order valence-electron chi connectivity index (χ4n) is 2.02. The largest absolute Gasteiger partial charge is 0.497 e. The number of hydrogen-bond acceptors (Lipinski definition) is 4. The highest BCUT2D eigenvalue weighted by atomic mass is 32.2. The molecule has 0 unspecified atom stereocenters. The van der Waals surface area contributed by atoms with Crippen LogP contribution in [0.25, 0.3) is 0 Å². The molecule has 0 bridgehead atoms. The van der Waals surface area contributed by atoms with E-state index in [9.17, 15) is 4.79 Å². The Morgan fingerprint density at radius 3 is 2.38 bits per heavy atom. The Morgan fingerprint density at radius 1 is 1.04 bits per heavy atom. The van der Waals surface area contributed by atoms with Crippen molar-refractivity contribution in [3.63, 3.8) is 0 Å². The van der Waals surface area contributed by atoms with Crippen molar-refractivity contribution in [1.29, 1.82) is 0 Å². The summed E-state index contributed by atoms with van der Waals surface area (Å²) in [5.41, 5.74) is 1.24. The highest BCUT2D eigenvalue weighted by molar-refractivity contribution is 7.99. The van der Waals surface area contributed by atoms with Gasteiger partial charge in [0.1, 0.15) is 18.1 Å². The monoisotopic (exact) mass is 345 g/mol. The Hall–Kier alpha value is -2.14. The van der Waals surface area contributed by atoms with Crippen LogP contribution >= 0.6 is 11.8 Å². The van der Waals surface area contributed by atoms with Crippen LogP contribution < -0.4 is 14.8 Å². The topological polar surface area (TPSA) is 47.6 Å². The molecule has 0 aliphatic heterocycles. The molecule has 0 aromatic heterocycles. The summed E-state index contributed by atoms with van der Waals surface area (Å²) in [4.78, 5) is 13.0. The van der Waals surface area contributed by atoms with Gasteiger partial charge in [-0.3, -0.25) is 4.79 Å². The molecule has 0 spiro atoms. The molecule has 0 aliphatic carbocycles. The summed E-state index contributed by atoms with van der Waals surface area (Å²) >= 11 is 1.69. The van der Waals surface area contributed by atoms with Gasteiger partial charge in [-0.15, -0.1) is 11.8 Å². The number of carbonyl (C=O) groups is 1. The zero-order valence-corrected chi connectivity index (χ0v) is 14.9. The van der Waals surface area contributed by atoms with Crippen LogP contribution in [0.4, 0.5) is 0 Å². The van der Waals surface area contributed by atoms with Gasteiger partial charge in [0.05, 0.1) is 13.7 Å². The van der Waals surface area contributed by atoms with Gasteiger partial charge < -0.3 is 14.8 Å². The molecule has 0 atom stereocenters. The predicted octanol–water partition coefficient (Wildman–Crippen LogP) is 3.68. The number of thioether (sulfide) groups is 1. The minimum absolute atomic E-state index is 0.0490. The van der Waals surface area contributed by atoms with Gasteiger partial charge in [0.2, 0.25) is 5.91 Å². The number of methoxy groups -OCH3 is 1. The average Bonchev–Trinajstić information content (AvgIpc) is 2.61. The zero-order valence-electron chi connectivity index (χ0n) is 14.1. The second kappa shape index (κ2) is 9.88. The van der Waals surface area contributed by atoms with Gasteiger partial charge in [0.25, 0.3) is 0 Å². The Morgan fingerprint density at radius 2 is 1.71 bits per heavy atom. The predicted molar refractivity (Wildman–Crippen MR) is 98.0 cm³/mol. The maximum atomic E-state index is 11.8. The molecule has 0 heterocycles. The van der Waals surface area contributed by atoms with E-state index in [1.165, 1.54) is 10.5 Å². The van der Waals surface area contributed by atoms with E-state index in [1.54, 1.807) is 18.9 Å². The van der Waals surface area contributed by atoms with Crippen molar-refractivity contribution in [3.8, 4) is 11.5 Å². The molecular weight excluding hydrogens is 322 g/mol. The number of ether oxygens (including phenoxy) is 2. The maximum absolute atomic E-state index is 11.8. The summed E-state index contributed by atoms with van der Waals surface area (Å²) in [5.74, 6) is 2.38. The van der Waals surface area contributed by atoms with E-state index < -0.39 is 0 Å². The van der Waals surface area contributed by atoms with Crippen LogP contribution in [-0.4, -0.2) is 31.9 Å². The number of carbonyl (C=O) groups excluding carboxylic acids is 1. The molecule has 0 radical (unpaired) electrons. The van der Waals surface area contributed by atoms with E-state index in [0.29, 0.717) is 19.6 Å². The average molecular weight is 345 g/mol. The molecule has 2 aromatic rings. The van der Waals surface area contributed by atoms with Gasteiger partial charge in [-0.05, 0) is 43.3 Å². The number of benzene rings is 2. The zero-order chi connectivity index (χ0) is 17.2. The first-order valence-corrected chi connectivity index (χ1v) is 8.89. The van der Waals surface area contributed by atoms with Crippen molar-refractivity contribution in [1.82, 2.24) is 5.32 Å². The first-order chi connectivity index (χ1) is 11.7. The van der Waals surface area contributed by atoms with Gasteiger partial charge in [-0.2, -0.15) is 0 Å². The molecule has 24 heavy (non-hydrogen) atoms. The van der Waals surface area contributed by atoms with Gasteiger partial charge in [-0.1, -0.05) is 17.7 Å². The van der Waals surface area contributed by atoms with Crippen LogP contribution in [0.1, 0.15) is 12.0 Å². The van der Waals surface area contributed by atoms with Gasteiger partial charge >= 0.3 is 0 Å². The molecule has 5 heteroatoms. The highest BCUT2D eigenvalue weighted by Crippen LogP contribution is 2.19. The van der Waals surface area contributed by atoms with Gasteiger partial charge in [0.15, 0.2) is 0 Å². The summed E-state index contributed by atoms with van der Waals surface area (Å²) in [6.07, 6.45) is 0.501. The van der Waals surface area contributed by atoms with Crippen LogP contribution in [0.3, 0.4) is 0 Å². The van der Waals surface area contributed by atoms with Crippen molar-refractivity contribution >= 4 is 17.7 Å². The quantitative estimate of drug-likeness (QED) is 0.556. The summed E-state index contributed by atoms with van der Waals surface area (Å²) in [5, 5.41) is 2.87. The Kier molecular flexibility index (Phi) is 7.49. The number of rotatable bonds is 9. The summed E-state index contributed by atoms with van der Waals surface area (Å²) < 4.78 is 10.7.